The average molecular weight is 722 g/mol. The van der Waals surface area contributed by atoms with Gasteiger partial charge in [0.1, 0.15) is 6.10 Å². The maximum atomic E-state index is 13.1. The Hall–Kier alpha value is -1.14. The highest BCUT2D eigenvalue weighted by atomic mass is 16.5. The molecular weight excluding hydrogens is 634 g/mol. The molecule has 6 heteroatoms. The van der Waals surface area contributed by atoms with Crippen LogP contribution in [0.1, 0.15) is 227 Å². The van der Waals surface area contributed by atoms with E-state index in [9.17, 15) is 14.7 Å². The van der Waals surface area contributed by atoms with Gasteiger partial charge < -0.3 is 19.8 Å². The molecule has 1 heterocycles. The zero-order valence-electron chi connectivity index (χ0n) is 34.5. The first kappa shape index (κ1) is 47.9. The van der Waals surface area contributed by atoms with Gasteiger partial charge in [-0.3, -0.25) is 9.59 Å². The number of aliphatic hydroxyl groups is 1. The summed E-state index contributed by atoms with van der Waals surface area (Å²) in [6, 6.07) is 0. The second-order valence-corrected chi connectivity index (χ2v) is 16.6. The smallest absolute Gasteiger partial charge is 0.309 e. The van der Waals surface area contributed by atoms with Gasteiger partial charge >= 0.3 is 11.9 Å². The molecule has 2 N–H and O–H groups in total. The number of esters is 1. The topological polar surface area (TPSA) is 87.1 Å². The van der Waals surface area contributed by atoms with Crippen molar-refractivity contribution < 1.29 is 24.5 Å². The van der Waals surface area contributed by atoms with Crippen LogP contribution in [0.3, 0.4) is 0 Å². The maximum Gasteiger partial charge on any atom is 0.309 e. The Kier molecular flexibility index (Phi) is 30.3. The summed E-state index contributed by atoms with van der Waals surface area (Å²) >= 11 is 0. The monoisotopic (exact) mass is 722 g/mol. The minimum Gasteiger partial charge on any atom is -0.481 e. The molecule has 3 unspecified atom stereocenters. The lowest BCUT2D eigenvalue weighted by molar-refractivity contribution is -0.155. The standard InChI is InChI=1S/C29H55NO3.C16H32O2/c1-3-5-7-9-10-12-16-26(15-11-8-6-4-2)28(32)33-27-17-18-29(25-27)19-22-30(23-20-29)21-13-14-24-31;1-3-5-7-9-10-12-14-15(16(17)18)13-11-8-6-4-2/h26-27,31H,3-25H2,1-2H3;15H,3-14H2,1-2H3,(H,17,18). The van der Waals surface area contributed by atoms with Gasteiger partial charge in [-0.15, -0.1) is 0 Å². The van der Waals surface area contributed by atoms with Crippen molar-refractivity contribution in [2.75, 3.05) is 26.2 Å². The molecule has 0 radical (unpaired) electrons. The molecule has 1 saturated heterocycles. The van der Waals surface area contributed by atoms with Crippen LogP contribution in [-0.2, 0) is 14.3 Å². The number of carboxylic acids is 1. The number of aliphatic carboxylic acids is 1. The molecule has 0 aromatic rings. The molecule has 302 valence electrons. The Morgan fingerprint density at radius 3 is 1.49 bits per heavy atom. The summed E-state index contributed by atoms with van der Waals surface area (Å²) in [5.74, 6) is -0.436. The fourth-order valence-electron chi connectivity index (χ4n) is 8.42. The van der Waals surface area contributed by atoms with E-state index in [1.54, 1.807) is 0 Å². The van der Waals surface area contributed by atoms with Gasteiger partial charge in [-0.25, -0.2) is 0 Å². The van der Waals surface area contributed by atoms with Gasteiger partial charge in [-0.05, 0) is 95.7 Å². The van der Waals surface area contributed by atoms with Crippen molar-refractivity contribution in [1.29, 1.82) is 0 Å². The molecule has 1 spiro atoms. The van der Waals surface area contributed by atoms with E-state index in [4.69, 9.17) is 9.84 Å². The number of likely N-dealkylation sites (tertiary alicyclic amines) is 1. The van der Waals surface area contributed by atoms with Crippen LogP contribution in [-0.4, -0.2) is 59.4 Å². The maximum absolute atomic E-state index is 13.1. The van der Waals surface area contributed by atoms with Gasteiger partial charge in [0, 0.05) is 6.61 Å². The number of carbonyl (C=O) groups is 2. The second-order valence-electron chi connectivity index (χ2n) is 16.6. The number of rotatable bonds is 31. The number of hydrogen-bond acceptors (Lipinski definition) is 5. The SMILES string of the molecule is CCCCCCCCC(CCCCCC)C(=O)O.CCCCCCCCC(CCCCCC)C(=O)OC1CCC2(CCN(CCCCO)CC2)C1. The Labute approximate surface area is 317 Å². The van der Waals surface area contributed by atoms with Crippen molar-refractivity contribution in [3.8, 4) is 0 Å². The van der Waals surface area contributed by atoms with E-state index in [1.807, 2.05) is 0 Å². The molecule has 0 amide bonds. The molecule has 1 aliphatic heterocycles. The quantitative estimate of drug-likeness (QED) is 0.0547. The zero-order chi connectivity index (χ0) is 37.4. The fraction of sp³-hybridized carbons (Fsp3) is 0.956. The van der Waals surface area contributed by atoms with Crippen LogP contribution in [0.4, 0.5) is 0 Å². The number of hydrogen-bond donors (Lipinski definition) is 2. The van der Waals surface area contributed by atoms with Crippen molar-refractivity contribution in [2.45, 2.75) is 233 Å². The van der Waals surface area contributed by atoms with Crippen LogP contribution in [0.2, 0.25) is 0 Å². The lowest BCUT2D eigenvalue weighted by Gasteiger charge is -2.39. The molecule has 3 atom stereocenters. The van der Waals surface area contributed by atoms with Gasteiger partial charge in [0.05, 0.1) is 11.8 Å². The normalized spacial score (nSPS) is 18.3. The van der Waals surface area contributed by atoms with Crippen LogP contribution >= 0.6 is 0 Å². The van der Waals surface area contributed by atoms with Crippen molar-refractivity contribution in [3.05, 3.63) is 0 Å². The molecule has 1 saturated carbocycles. The largest absolute Gasteiger partial charge is 0.481 e. The van der Waals surface area contributed by atoms with Crippen LogP contribution in [0.25, 0.3) is 0 Å². The molecule has 51 heavy (non-hydrogen) atoms. The number of piperidine rings is 1. The first-order valence-electron chi connectivity index (χ1n) is 22.6. The Bertz CT molecular complexity index is 810. The predicted molar refractivity (Wildman–Crippen MR) is 216 cm³/mol. The Morgan fingerprint density at radius 2 is 1.04 bits per heavy atom. The first-order valence-corrected chi connectivity index (χ1v) is 22.6. The molecule has 6 nitrogen and oxygen atoms in total. The van der Waals surface area contributed by atoms with Crippen molar-refractivity contribution in [1.82, 2.24) is 4.90 Å². The summed E-state index contributed by atoms with van der Waals surface area (Å²) in [7, 11) is 0. The third-order valence-electron chi connectivity index (χ3n) is 12.0. The lowest BCUT2D eigenvalue weighted by Crippen LogP contribution is -2.39. The van der Waals surface area contributed by atoms with Crippen molar-refractivity contribution in [2.24, 2.45) is 17.3 Å². The third-order valence-corrected chi connectivity index (χ3v) is 12.0. The number of unbranched alkanes of at least 4 members (excludes halogenated alkanes) is 17. The summed E-state index contributed by atoms with van der Waals surface area (Å²) in [6.45, 7) is 12.7. The van der Waals surface area contributed by atoms with Gasteiger partial charge in [-0.2, -0.15) is 0 Å². The molecule has 2 rings (SSSR count). The molecule has 2 fully saturated rings. The minimum absolute atomic E-state index is 0.0898. The summed E-state index contributed by atoms with van der Waals surface area (Å²) in [4.78, 5) is 26.8. The lowest BCUT2D eigenvalue weighted by atomic mass is 9.77. The van der Waals surface area contributed by atoms with Gasteiger partial charge in [0.2, 0.25) is 0 Å². The number of nitrogens with zero attached hydrogens (tertiary/aromatic N) is 1. The molecule has 0 bridgehead atoms. The van der Waals surface area contributed by atoms with Crippen LogP contribution in [0.15, 0.2) is 0 Å². The fourth-order valence-corrected chi connectivity index (χ4v) is 8.42. The summed E-state index contributed by atoms with van der Waals surface area (Å²) in [6.07, 6.45) is 36.7. The predicted octanol–water partition coefficient (Wildman–Crippen LogP) is 12.7. The van der Waals surface area contributed by atoms with Crippen LogP contribution in [0, 0.1) is 17.3 Å². The van der Waals surface area contributed by atoms with Crippen molar-refractivity contribution >= 4 is 11.9 Å². The number of ether oxygens (including phenoxy) is 1. The van der Waals surface area contributed by atoms with E-state index >= 15 is 0 Å². The van der Waals surface area contributed by atoms with E-state index in [0.717, 1.165) is 70.8 Å². The van der Waals surface area contributed by atoms with E-state index in [1.165, 1.54) is 148 Å². The van der Waals surface area contributed by atoms with E-state index in [2.05, 4.69) is 32.6 Å². The number of aliphatic hydroxyl groups excluding tert-OH is 1. The van der Waals surface area contributed by atoms with Gasteiger partial charge in [0.15, 0.2) is 0 Å². The second kappa shape index (κ2) is 32.3. The van der Waals surface area contributed by atoms with Crippen molar-refractivity contribution in [3.63, 3.8) is 0 Å². The highest BCUT2D eigenvalue weighted by molar-refractivity contribution is 5.72. The summed E-state index contributed by atoms with van der Waals surface area (Å²) < 4.78 is 6.18. The summed E-state index contributed by atoms with van der Waals surface area (Å²) in [5, 5.41) is 18.2. The Balaban J connectivity index is 0.000000613. The molecule has 1 aliphatic carbocycles. The van der Waals surface area contributed by atoms with Gasteiger partial charge in [-0.1, -0.05) is 156 Å². The average Bonchev–Trinajstić information content (AvgIpc) is 3.51. The van der Waals surface area contributed by atoms with E-state index < -0.39 is 5.97 Å². The highest BCUT2D eigenvalue weighted by Crippen LogP contribution is 2.47. The number of carboxylic acid groups (broad SMARTS) is 1. The molecule has 0 aromatic heterocycles. The van der Waals surface area contributed by atoms with E-state index in [0.29, 0.717) is 12.0 Å². The minimum atomic E-state index is -0.583. The first-order chi connectivity index (χ1) is 24.8. The van der Waals surface area contributed by atoms with Crippen LogP contribution in [0.5, 0.6) is 0 Å². The molecular formula is C45H87NO5. The molecule has 0 aromatic carbocycles. The summed E-state index contributed by atoms with van der Waals surface area (Å²) in [5.41, 5.74) is 0.411. The third kappa shape index (κ3) is 24.0. The Morgan fingerprint density at radius 1 is 0.608 bits per heavy atom. The molecule has 2 aliphatic rings. The van der Waals surface area contributed by atoms with E-state index in [-0.39, 0.29) is 23.9 Å². The van der Waals surface area contributed by atoms with Crippen LogP contribution < -0.4 is 0 Å². The number of carbonyl (C=O) groups excluding carboxylic acids is 1. The van der Waals surface area contributed by atoms with Gasteiger partial charge in [0.25, 0.3) is 0 Å². The highest BCUT2D eigenvalue weighted by Gasteiger charge is 2.43. The zero-order valence-corrected chi connectivity index (χ0v) is 34.5.